The Morgan fingerprint density at radius 2 is 2.25 bits per heavy atom. The normalized spacial score (nSPS) is 31.6. The Labute approximate surface area is 132 Å². The fraction of sp³-hybridized carbons (Fsp3) is 0.600. The Hall–Kier alpha value is -0.130. The number of halogens is 2. The van der Waals surface area contributed by atoms with Gasteiger partial charge in [0.1, 0.15) is 0 Å². The van der Waals surface area contributed by atoms with Crippen molar-refractivity contribution >= 4 is 27.5 Å². The van der Waals surface area contributed by atoms with Gasteiger partial charge in [-0.3, -0.25) is 0 Å². The molecule has 2 saturated heterocycles. The van der Waals surface area contributed by atoms with Crippen LogP contribution in [-0.4, -0.2) is 25.4 Å². The van der Waals surface area contributed by atoms with Gasteiger partial charge in [-0.05, 0) is 46.3 Å². The quantitative estimate of drug-likeness (QED) is 0.875. The van der Waals surface area contributed by atoms with Crippen LogP contribution in [0.15, 0.2) is 22.7 Å². The molecule has 0 radical (unpaired) electrons. The van der Waals surface area contributed by atoms with Crippen molar-refractivity contribution in [3.63, 3.8) is 0 Å². The van der Waals surface area contributed by atoms with Crippen molar-refractivity contribution in [1.82, 2.24) is 0 Å². The predicted octanol–water partition coefficient (Wildman–Crippen LogP) is 3.69. The highest BCUT2D eigenvalue weighted by Crippen LogP contribution is 2.42. The number of hydrogen-bond acceptors (Lipinski definition) is 3. The van der Waals surface area contributed by atoms with Gasteiger partial charge < -0.3 is 15.2 Å². The molecule has 3 atom stereocenters. The molecule has 2 fully saturated rings. The zero-order chi connectivity index (χ0) is 14.2. The molecule has 5 heteroatoms. The first-order chi connectivity index (χ1) is 9.61. The third kappa shape index (κ3) is 2.77. The van der Waals surface area contributed by atoms with E-state index in [0.717, 1.165) is 47.5 Å². The van der Waals surface area contributed by atoms with E-state index in [4.69, 9.17) is 26.8 Å². The minimum atomic E-state index is -0.112. The standard InChI is InChI=1S/C15H19BrClNO2/c16-12-3-1-2-11(13(12)17)14(18)10-4-6-20-15(8-10)5-7-19-9-15/h1-3,10,14H,4-9,18H2. The average molecular weight is 361 g/mol. The van der Waals surface area contributed by atoms with E-state index in [9.17, 15) is 0 Å². The van der Waals surface area contributed by atoms with Crippen LogP contribution in [0.3, 0.4) is 0 Å². The lowest BCUT2D eigenvalue weighted by Crippen LogP contribution is -2.43. The Morgan fingerprint density at radius 3 is 3.00 bits per heavy atom. The average Bonchev–Trinajstić information content (AvgIpc) is 2.89. The summed E-state index contributed by atoms with van der Waals surface area (Å²) >= 11 is 9.84. The first-order valence-electron chi connectivity index (χ1n) is 7.02. The molecule has 3 rings (SSSR count). The van der Waals surface area contributed by atoms with Gasteiger partial charge in [0.2, 0.25) is 0 Å². The molecule has 110 valence electrons. The topological polar surface area (TPSA) is 44.5 Å². The van der Waals surface area contributed by atoms with E-state index in [1.165, 1.54) is 0 Å². The third-order valence-corrected chi connectivity index (χ3v) is 5.76. The van der Waals surface area contributed by atoms with Gasteiger partial charge in [-0.2, -0.15) is 0 Å². The second kappa shape index (κ2) is 5.93. The lowest BCUT2D eigenvalue weighted by molar-refractivity contribution is -0.101. The largest absolute Gasteiger partial charge is 0.378 e. The van der Waals surface area contributed by atoms with Crippen LogP contribution in [0.4, 0.5) is 0 Å². The van der Waals surface area contributed by atoms with Crippen molar-refractivity contribution in [2.75, 3.05) is 19.8 Å². The molecule has 3 unspecified atom stereocenters. The van der Waals surface area contributed by atoms with Crippen LogP contribution in [-0.2, 0) is 9.47 Å². The number of benzene rings is 1. The van der Waals surface area contributed by atoms with Gasteiger partial charge in [-0.25, -0.2) is 0 Å². The van der Waals surface area contributed by atoms with E-state index < -0.39 is 0 Å². The maximum atomic E-state index is 6.49. The summed E-state index contributed by atoms with van der Waals surface area (Å²) in [4.78, 5) is 0. The fourth-order valence-corrected chi connectivity index (χ4v) is 3.90. The van der Waals surface area contributed by atoms with Gasteiger partial charge >= 0.3 is 0 Å². The van der Waals surface area contributed by atoms with Crippen LogP contribution < -0.4 is 5.73 Å². The molecule has 1 aromatic rings. The monoisotopic (exact) mass is 359 g/mol. The van der Waals surface area contributed by atoms with Crippen molar-refractivity contribution in [2.45, 2.75) is 30.9 Å². The van der Waals surface area contributed by atoms with Gasteiger partial charge in [0.05, 0.1) is 17.2 Å². The maximum Gasteiger partial charge on any atom is 0.0940 e. The van der Waals surface area contributed by atoms with E-state index in [-0.39, 0.29) is 11.6 Å². The van der Waals surface area contributed by atoms with E-state index in [1.807, 2.05) is 18.2 Å². The maximum absolute atomic E-state index is 6.49. The summed E-state index contributed by atoms with van der Waals surface area (Å²) < 4.78 is 12.4. The van der Waals surface area contributed by atoms with Crippen molar-refractivity contribution in [2.24, 2.45) is 11.7 Å². The summed E-state index contributed by atoms with van der Waals surface area (Å²) in [5.74, 6) is 0.386. The summed E-state index contributed by atoms with van der Waals surface area (Å²) in [6.45, 7) is 2.25. The third-order valence-electron chi connectivity index (χ3n) is 4.45. The first-order valence-corrected chi connectivity index (χ1v) is 8.20. The summed E-state index contributed by atoms with van der Waals surface area (Å²) in [6.07, 6.45) is 2.91. The molecule has 2 aliphatic rings. The van der Waals surface area contributed by atoms with Crippen LogP contribution in [0.25, 0.3) is 0 Å². The van der Waals surface area contributed by atoms with Crippen molar-refractivity contribution in [3.8, 4) is 0 Å². The van der Waals surface area contributed by atoms with Crippen LogP contribution >= 0.6 is 27.5 Å². The molecule has 2 heterocycles. The van der Waals surface area contributed by atoms with Crippen LogP contribution in [0.5, 0.6) is 0 Å². The fourth-order valence-electron chi connectivity index (χ4n) is 3.27. The highest BCUT2D eigenvalue weighted by molar-refractivity contribution is 9.10. The molecular weight excluding hydrogens is 342 g/mol. The Morgan fingerprint density at radius 1 is 1.40 bits per heavy atom. The molecule has 3 nitrogen and oxygen atoms in total. The highest BCUT2D eigenvalue weighted by Gasteiger charge is 2.42. The molecule has 0 aliphatic carbocycles. The molecule has 2 N–H and O–H groups in total. The number of hydrogen-bond donors (Lipinski definition) is 1. The van der Waals surface area contributed by atoms with Crippen LogP contribution in [0, 0.1) is 5.92 Å². The minimum Gasteiger partial charge on any atom is -0.378 e. The lowest BCUT2D eigenvalue weighted by atomic mass is 9.79. The highest BCUT2D eigenvalue weighted by atomic mass is 79.9. The predicted molar refractivity (Wildman–Crippen MR) is 82.9 cm³/mol. The molecule has 20 heavy (non-hydrogen) atoms. The minimum absolute atomic E-state index is 0.0543. The number of rotatable bonds is 2. The van der Waals surface area contributed by atoms with E-state index in [1.54, 1.807) is 0 Å². The zero-order valence-corrected chi connectivity index (χ0v) is 13.6. The molecular formula is C15H19BrClNO2. The zero-order valence-electron chi connectivity index (χ0n) is 11.3. The summed E-state index contributed by atoms with van der Waals surface area (Å²) in [5, 5.41) is 0.725. The Bertz CT molecular complexity index is 491. The van der Waals surface area contributed by atoms with Crippen molar-refractivity contribution < 1.29 is 9.47 Å². The van der Waals surface area contributed by atoms with Gasteiger partial charge in [0.25, 0.3) is 0 Å². The summed E-state index contributed by atoms with van der Waals surface area (Å²) in [5.41, 5.74) is 7.39. The molecule has 0 bridgehead atoms. The Balaban J connectivity index is 1.79. The molecule has 0 aromatic heterocycles. The smallest absolute Gasteiger partial charge is 0.0940 e. The second-order valence-corrected chi connectivity index (χ2v) is 6.99. The molecule has 1 aromatic carbocycles. The number of ether oxygens (including phenoxy) is 2. The van der Waals surface area contributed by atoms with Gasteiger partial charge in [0, 0.05) is 30.1 Å². The second-order valence-electron chi connectivity index (χ2n) is 5.76. The van der Waals surface area contributed by atoms with Gasteiger partial charge in [0.15, 0.2) is 0 Å². The van der Waals surface area contributed by atoms with Crippen molar-refractivity contribution in [1.29, 1.82) is 0 Å². The van der Waals surface area contributed by atoms with E-state index >= 15 is 0 Å². The molecule has 1 spiro atoms. The summed E-state index contributed by atoms with van der Waals surface area (Å²) in [6, 6.07) is 5.89. The van der Waals surface area contributed by atoms with Gasteiger partial charge in [-0.15, -0.1) is 0 Å². The number of nitrogens with two attached hydrogens (primary N) is 1. The Kier molecular flexibility index (Phi) is 4.39. The van der Waals surface area contributed by atoms with Gasteiger partial charge in [-0.1, -0.05) is 23.7 Å². The van der Waals surface area contributed by atoms with Crippen LogP contribution in [0.1, 0.15) is 30.9 Å². The molecule has 2 aliphatic heterocycles. The van der Waals surface area contributed by atoms with Crippen molar-refractivity contribution in [3.05, 3.63) is 33.3 Å². The van der Waals surface area contributed by atoms with E-state index in [2.05, 4.69) is 15.9 Å². The summed E-state index contributed by atoms with van der Waals surface area (Å²) in [7, 11) is 0. The molecule has 0 saturated carbocycles. The van der Waals surface area contributed by atoms with Crippen LogP contribution in [0.2, 0.25) is 5.02 Å². The molecule has 0 amide bonds. The lowest BCUT2D eigenvalue weighted by Gasteiger charge is -2.39. The van der Waals surface area contributed by atoms with E-state index in [0.29, 0.717) is 12.5 Å². The first kappa shape index (κ1) is 14.8. The SMILES string of the molecule is NC(c1cccc(Br)c1Cl)C1CCOC2(CCOC2)C1.